The van der Waals surface area contributed by atoms with E-state index >= 15 is 0 Å². The van der Waals surface area contributed by atoms with Gasteiger partial charge in [-0.3, -0.25) is 0 Å². The average Bonchev–Trinajstić information content (AvgIpc) is 2.50. The highest BCUT2D eigenvalue weighted by Crippen LogP contribution is 2.27. The van der Waals surface area contributed by atoms with Crippen molar-refractivity contribution in [3.8, 4) is 0 Å². The van der Waals surface area contributed by atoms with Crippen molar-refractivity contribution in [1.82, 2.24) is 5.32 Å². The molecule has 0 bridgehead atoms. The molecule has 0 saturated heterocycles. The Morgan fingerprint density at radius 2 is 1.80 bits per heavy atom. The highest BCUT2D eigenvalue weighted by molar-refractivity contribution is 5.68. The number of carbonyl (C=O) groups excluding carboxylic acids is 1. The number of hydrogen-bond donors (Lipinski definition) is 2. The molecule has 1 aromatic carbocycles. The maximum absolute atomic E-state index is 11.9. The number of hydrogen-bond acceptors (Lipinski definition) is 4. The van der Waals surface area contributed by atoms with Crippen molar-refractivity contribution in [1.29, 1.82) is 0 Å². The Balaban J connectivity index is 2.36. The van der Waals surface area contributed by atoms with E-state index in [2.05, 4.69) is 19.2 Å². The average molecular weight is 351 g/mol. The van der Waals surface area contributed by atoms with Crippen molar-refractivity contribution in [2.75, 3.05) is 13.2 Å². The molecule has 2 N–H and O–H groups in total. The minimum atomic E-state index is -0.551. The summed E-state index contributed by atoms with van der Waals surface area (Å²) in [6.07, 6.45) is 0.992. The van der Waals surface area contributed by atoms with Gasteiger partial charge in [0, 0.05) is 6.61 Å². The fraction of sp³-hybridized carbons (Fsp3) is 0.650. The van der Waals surface area contributed by atoms with Gasteiger partial charge < -0.3 is 19.9 Å². The van der Waals surface area contributed by atoms with Crippen LogP contribution in [-0.2, 0) is 16.1 Å². The van der Waals surface area contributed by atoms with Crippen LogP contribution in [0.3, 0.4) is 0 Å². The monoisotopic (exact) mass is 351 g/mol. The fourth-order valence-corrected chi connectivity index (χ4v) is 2.52. The van der Waals surface area contributed by atoms with Gasteiger partial charge in [-0.2, -0.15) is 0 Å². The number of carbonyl (C=O) groups is 1. The summed E-state index contributed by atoms with van der Waals surface area (Å²) in [6.45, 7) is 10.8. The second-order valence-corrected chi connectivity index (χ2v) is 8.18. The molecule has 25 heavy (non-hydrogen) atoms. The summed E-state index contributed by atoms with van der Waals surface area (Å²) < 4.78 is 11.0. The van der Waals surface area contributed by atoms with Crippen LogP contribution in [0, 0.1) is 5.41 Å². The number of benzene rings is 1. The molecule has 0 aliphatic rings. The highest BCUT2D eigenvalue weighted by Gasteiger charge is 2.26. The minimum Gasteiger partial charge on any atom is -0.444 e. The quantitative estimate of drug-likeness (QED) is 0.662. The third-order valence-corrected chi connectivity index (χ3v) is 3.77. The number of ether oxygens (including phenoxy) is 2. The largest absolute Gasteiger partial charge is 0.444 e. The molecule has 1 atom stereocenters. The lowest BCUT2D eigenvalue weighted by Gasteiger charge is -2.30. The van der Waals surface area contributed by atoms with Crippen molar-refractivity contribution in [3.63, 3.8) is 0 Å². The number of rotatable bonds is 9. The Morgan fingerprint density at radius 1 is 1.16 bits per heavy atom. The summed E-state index contributed by atoms with van der Waals surface area (Å²) in [5.41, 5.74) is 0.532. The van der Waals surface area contributed by atoms with E-state index in [4.69, 9.17) is 9.47 Å². The van der Waals surface area contributed by atoms with Gasteiger partial charge >= 0.3 is 6.09 Å². The first-order valence-corrected chi connectivity index (χ1v) is 8.83. The summed E-state index contributed by atoms with van der Waals surface area (Å²) in [6, 6.07) is 9.72. The van der Waals surface area contributed by atoms with E-state index in [1.807, 2.05) is 51.1 Å². The summed E-state index contributed by atoms with van der Waals surface area (Å²) in [4.78, 5) is 11.9. The first-order valence-electron chi connectivity index (χ1n) is 8.83. The Hall–Kier alpha value is -1.59. The van der Waals surface area contributed by atoms with Crippen molar-refractivity contribution >= 4 is 6.09 Å². The summed E-state index contributed by atoms with van der Waals surface area (Å²) >= 11 is 0. The zero-order valence-corrected chi connectivity index (χ0v) is 16.2. The smallest absolute Gasteiger partial charge is 0.407 e. The number of nitrogens with one attached hydrogen (secondary N) is 1. The van der Waals surface area contributed by atoms with Gasteiger partial charge in [0.05, 0.1) is 19.3 Å². The van der Waals surface area contributed by atoms with Crippen LogP contribution in [-0.4, -0.2) is 36.1 Å². The fourth-order valence-electron chi connectivity index (χ4n) is 2.52. The minimum absolute atomic E-state index is 0.0703. The molecule has 0 fully saturated rings. The summed E-state index contributed by atoms with van der Waals surface area (Å²) in [5.74, 6) is 0. The molecule has 0 aliphatic heterocycles. The van der Waals surface area contributed by atoms with Crippen LogP contribution in [0.2, 0.25) is 0 Å². The third-order valence-electron chi connectivity index (χ3n) is 3.77. The number of aliphatic hydroxyl groups is 1. The van der Waals surface area contributed by atoms with Gasteiger partial charge in [0.2, 0.25) is 0 Å². The Kier molecular flexibility index (Phi) is 8.39. The Bertz CT molecular complexity index is 508. The molecule has 142 valence electrons. The van der Waals surface area contributed by atoms with E-state index in [0.717, 1.165) is 12.0 Å². The lowest BCUT2D eigenvalue weighted by Crippen LogP contribution is -2.43. The SMILES string of the molecule is CC(C)(CCOCc1ccccc1)CC(CO)NC(=O)OC(C)(C)C. The van der Waals surface area contributed by atoms with Crippen molar-refractivity contribution < 1.29 is 19.4 Å². The maximum atomic E-state index is 11.9. The molecule has 5 heteroatoms. The Labute approximate surface area is 151 Å². The van der Waals surface area contributed by atoms with Gasteiger partial charge in [0.25, 0.3) is 0 Å². The topological polar surface area (TPSA) is 67.8 Å². The lowest BCUT2D eigenvalue weighted by atomic mass is 9.83. The van der Waals surface area contributed by atoms with Crippen molar-refractivity contribution in [2.24, 2.45) is 5.41 Å². The van der Waals surface area contributed by atoms with Crippen molar-refractivity contribution in [3.05, 3.63) is 35.9 Å². The molecule has 0 aliphatic carbocycles. The van der Waals surface area contributed by atoms with E-state index in [9.17, 15) is 9.90 Å². The highest BCUT2D eigenvalue weighted by atomic mass is 16.6. The van der Waals surface area contributed by atoms with E-state index in [-0.39, 0.29) is 18.1 Å². The van der Waals surface area contributed by atoms with Gasteiger partial charge in [0.1, 0.15) is 5.60 Å². The zero-order chi connectivity index (χ0) is 18.9. The molecule has 0 heterocycles. The standard InChI is InChI=1S/C20H33NO4/c1-19(2,3)25-18(23)21-17(14-22)13-20(4,5)11-12-24-15-16-9-7-6-8-10-16/h6-10,17,22H,11-15H2,1-5H3,(H,21,23). The molecule has 0 saturated carbocycles. The molecule has 0 radical (unpaired) electrons. The molecule has 0 spiro atoms. The number of amides is 1. The molecular formula is C20H33NO4. The van der Waals surface area contributed by atoms with Crippen LogP contribution in [0.1, 0.15) is 53.0 Å². The predicted octanol–water partition coefficient (Wildman–Crippen LogP) is 3.90. The number of aliphatic hydroxyl groups excluding tert-OH is 1. The number of alkyl carbamates (subject to hydrolysis) is 1. The van der Waals surface area contributed by atoms with Gasteiger partial charge in [-0.15, -0.1) is 0 Å². The summed E-state index contributed by atoms with van der Waals surface area (Å²) in [5, 5.41) is 12.3. The molecule has 1 aromatic rings. The Morgan fingerprint density at radius 3 is 2.36 bits per heavy atom. The van der Waals surface area contributed by atoms with Crippen LogP contribution < -0.4 is 5.32 Å². The van der Waals surface area contributed by atoms with Crippen molar-refractivity contribution in [2.45, 2.75) is 65.7 Å². The van der Waals surface area contributed by atoms with Crippen LogP contribution in [0.5, 0.6) is 0 Å². The second-order valence-electron chi connectivity index (χ2n) is 8.18. The molecular weight excluding hydrogens is 318 g/mol. The van der Waals surface area contributed by atoms with Crippen LogP contribution in [0.25, 0.3) is 0 Å². The second kappa shape index (κ2) is 9.78. The molecule has 1 amide bonds. The summed E-state index contributed by atoms with van der Waals surface area (Å²) in [7, 11) is 0. The van der Waals surface area contributed by atoms with E-state index < -0.39 is 11.7 Å². The zero-order valence-electron chi connectivity index (χ0n) is 16.2. The maximum Gasteiger partial charge on any atom is 0.407 e. The van der Waals surface area contributed by atoms with Gasteiger partial charge in [-0.05, 0) is 44.6 Å². The van der Waals surface area contributed by atoms with Gasteiger partial charge in [-0.1, -0.05) is 44.2 Å². The van der Waals surface area contributed by atoms with E-state index in [1.165, 1.54) is 0 Å². The lowest BCUT2D eigenvalue weighted by molar-refractivity contribution is 0.0443. The molecule has 1 rings (SSSR count). The molecule has 5 nitrogen and oxygen atoms in total. The van der Waals surface area contributed by atoms with Gasteiger partial charge in [-0.25, -0.2) is 4.79 Å². The molecule has 1 unspecified atom stereocenters. The van der Waals surface area contributed by atoms with E-state index in [0.29, 0.717) is 19.6 Å². The van der Waals surface area contributed by atoms with Crippen LogP contribution in [0.15, 0.2) is 30.3 Å². The van der Waals surface area contributed by atoms with Gasteiger partial charge in [0.15, 0.2) is 0 Å². The van der Waals surface area contributed by atoms with Crippen LogP contribution >= 0.6 is 0 Å². The van der Waals surface area contributed by atoms with E-state index in [1.54, 1.807) is 0 Å². The predicted molar refractivity (Wildman–Crippen MR) is 99.4 cm³/mol. The normalized spacial score (nSPS) is 13.4. The first-order chi connectivity index (χ1) is 11.6. The first kappa shape index (κ1) is 21.5. The van der Waals surface area contributed by atoms with Crippen LogP contribution in [0.4, 0.5) is 4.79 Å². The molecule has 0 aromatic heterocycles. The third kappa shape index (κ3) is 10.1.